The predicted octanol–water partition coefficient (Wildman–Crippen LogP) is 6.67. The minimum Gasteiger partial charge on any atom is -0.394 e. The fourth-order valence-electron chi connectivity index (χ4n) is 10.6. The zero-order chi connectivity index (χ0) is 49.4. The highest BCUT2D eigenvalue weighted by atomic mass is 16.6. The number of carbonyl (C=O) groups excluding carboxylic acids is 4. The Labute approximate surface area is 400 Å². The Kier molecular flexibility index (Phi) is 23.2. The molecule has 3 N–H and O–H groups in total. The van der Waals surface area contributed by atoms with E-state index in [4.69, 9.17) is 28.4 Å². The van der Waals surface area contributed by atoms with Crippen molar-refractivity contribution in [3.05, 3.63) is 47.6 Å². The van der Waals surface area contributed by atoms with E-state index in [0.717, 1.165) is 37.7 Å². The number of rotatable bonds is 9. The van der Waals surface area contributed by atoms with Crippen LogP contribution in [0.4, 0.5) is 0 Å². The van der Waals surface area contributed by atoms with Crippen LogP contribution in [-0.2, 0) is 47.6 Å². The molecule has 1 saturated carbocycles. The van der Waals surface area contributed by atoms with Crippen LogP contribution in [0.15, 0.2) is 47.6 Å². The number of carbonyl (C=O) groups is 4. The number of hydrogen-bond acceptors (Lipinski definition) is 13. The maximum absolute atomic E-state index is 14.3. The first-order valence-electron chi connectivity index (χ1n) is 25.0. The van der Waals surface area contributed by atoms with Crippen LogP contribution < -0.4 is 0 Å². The Balaban J connectivity index is 1.66. The van der Waals surface area contributed by atoms with Crippen LogP contribution in [0.5, 0.6) is 0 Å². The van der Waals surface area contributed by atoms with E-state index in [2.05, 4.69) is 6.92 Å². The fourth-order valence-corrected chi connectivity index (χ4v) is 10.6. The molecule has 4 aliphatic rings. The summed E-state index contributed by atoms with van der Waals surface area (Å²) < 4.78 is 36.2. The van der Waals surface area contributed by atoms with E-state index < -0.39 is 65.7 Å². The number of methoxy groups -OCH3 is 3. The molecule has 0 spiro atoms. The topological polar surface area (TPSA) is 188 Å². The summed E-state index contributed by atoms with van der Waals surface area (Å²) in [6, 6.07) is -0.474. The van der Waals surface area contributed by atoms with Gasteiger partial charge in [-0.05, 0) is 107 Å². The van der Waals surface area contributed by atoms with Gasteiger partial charge in [0.25, 0.3) is 11.7 Å². The molecule has 0 aromatic rings. The first-order valence-corrected chi connectivity index (χ1v) is 25.0. The molecule has 15 atom stereocenters. The van der Waals surface area contributed by atoms with Gasteiger partial charge in [0.1, 0.15) is 18.0 Å². The first-order chi connectivity index (χ1) is 31.9. The highest BCUT2D eigenvalue weighted by Gasteiger charge is 2.52. The number of nitrogens with zero attached hydrogens (tertiary/aromatic N) is 1. The molecule has 3 heterocycles. The molecule has 1 amide bonds. The molecule has 14 nitrogen and oxygen atoms in total. The molecule has 2 saturated heterocycles. The van der Waals surface area contributed by atoms with Crippen LogP contribution in [0.2, 0.25) is 0 Å². The molecular weight excluding hydrogens is 859 g/mol. The lowest BCUT2D eigenvalue weighted by Gasteiger charge is -2.43. The average molecular weight is 944 g/mol. The molecule has 3 aliphatic heterocycles. The zero-order valence-corrected chi connectivity index (χ0v) is 42.2. The number of ketones is 3. The molecule has 67 heavy (non-hydrogen) atoms. The molecule has 2 bridgehead atoms. The Hall–Kier alpha value is -2.92. The number of hydrogen-bond donors (Lipinski definition) is 3. The fraction of sp³-hybridized carbons (Fsp3) is 0.774. The normalized spacial score (nSPS) is 39.7. The number of allylic oxidation sites excluding steroid dienone is 6. The number of fused-ring (bicyclic) bond motifs is 3. The van der Waals surface area contributed by atoms with E-state index in [-0.39, 0.29) is 73.9 Å². The molecule has 15 unspecified atom stereocenters. The lowest BCUT2D eigenvalue weighted by Crippen LogP contribution is -2.60. The summed E-state index contributed by atoms with van der Waals surface area (Å²) in [6.07, 6.45) is 14.5. The van der Waals surface area contributed by atoms with Crippen LogP contribution in [0.3, 0.4) is 0 Å². The van der Waals surface area contributed by atoms with Crippen LogP contribution in [0, 0.1) is 35.5 Å². The van der Waals surface area contributed by atoms with Crippen molar-refractivity contribution in [1.82, 2.24) is 4.90 Å². The minimum absolute atomic E-state index is 0.0418. The lowest BCUT2D eigenvalue weighted by atomic mass is 9.78. The van der Waals surface area contributed by atoms with Gasteiger partial charge in [-0.3, -0.25) is 19.2 Å². The standard InChI is InChI=1S/C53H85NO13/c1-33-16-12-11-13-17-34(2)45(62-8)30-42-21-19-39(7)53(61,67-42)51(59)52(60)54-23-15-14-18-41(54)32-66-46(36(4)28-40-20-22-44(65-25-24-55)47(29-40)63-9)31-43(56)35(3)27-38(6)49(58)50(64-10)48(57)37(5)26-33/h11-13,16-17,27,33,35-37,39-42,44-47,49-50,55,58,61H,14-15,18-26,28-32H2,1-10H3/b13-11+,16-12+,34-17-,38-27-. The van der Waals surface area contributed by atoms with Gasteiger partial charge in [0.05, 0.1) is 56.4 Å². The van der Waals surface area contributed by atoms with Gasteiger partial charge in [0, 0.05) is 58.5 Å². The van der Waals surface area contributed by atoms with E-state index in [1.807, 2.05) is 51.2 Å². The highest BCUT2D eigenvalue weighted by molar-refractivity contribution is 6.38. The van der Waals surface area contributed by atoms with Crippen LogP contribution in [0.25, 0.3) is 0 Å². The Bertz CT molecular complexity index is 1730. The smallest absolute Gasteiger partial charge is 0.296 e. The largest absolute Gasteiger partial charge is 0.394 e. The van der Waals surface area contributed by atoms with Crippen LogP contribution in [0.1, 0.15) is 126 Å². The van der Waals surface area contributed by atoms with Crippen molar-refractivity contribution in [2.75, 3.05) is 47.7 Å². The van der Waals surface area contributed by atoms with Crippen molar-refractivity contribution >= 4 is 23.3 Å². The second-order valence-corrected chi connectivity index (χ2v) is 20.2. The predicted molar refractivity (Wildman–Crippen MR) is 256 cm³/mol. The van der Waals surface area contributed by atoms with Crippen LogP contribution >= 0.6 is 0 Å². The minimum atomic E-state index is -2.31. The van der Waals surface area contributed by atoms with E-state index in [0.29, 0.717) is 50.6 Å². The van der Waals surface area contributed by atoms with Gasteiger partial charge in [-0.25, -0.2) is 0 Å². The number of aliphatic hydroxyl groups excluding tert-OH is 2. The third-order valence-corrected chi connectivity index (χ3v) is 15.0. The Morgan fingerprint density at radius 1 is 0.866 bits per heavy atom. The molecule has 14 heteroatoms. The Morgan fingerprint density at radius 3 is 2.30 bits per heavy atom. The third-order valence-electron chi connectivity index (χ3n) is 15.0. The van der Waals surface area contributed by atoms with E-state index >= 15 is 0 Å². The summed E-state index contributed by atoms with van der Waals surface area (Å²) in [5.74, 6) is -5.89. The van der Waals surface area contributed by atoms with Crippen molar-refractivity contribution in [3.63, 3.8) is 0 Å². The number of Topliss-reactive ketones (excluding diaryl/α,β-unsaturated/α-hetero) is 3. The average Bonchev–Trinajstić information content (AvgIpc) is 3.31. The summed E-state index contributed by atoms with van der Waals surface area (Å²) >= 11 is 0. The molecule has 4 rings (SSSR count). The molecule has 0 radical (unpaired) electrons. The van der Waals surface area contributed by atoms with Gasteiger partial charge >= 0.3 is 0 Å². The molecule has 380 valence electrons. The van der Waals surface area contributed by atoms with Gasteiger partial charge in [0.15, 0.2) is 5.78 Å². The SMILES string of the molecule is COC1CC2CCC(C)C(O)(O2)C(=O)C(=O)N2CCCCC2COC(C(C)CC2CCC(OCCO)C(OC)C2)CC(=O)C(C)/C=C(/C)C(O)C(OC)C(=O)C(C)CC(C)/C=C/C=C/C=C\1C. The third kappa shape index (κ3) is 15.8. The number of ether oxygens (including phenoxy) is 6. The molecule has 0 aromatic carbocycles. The summed E-state index contributed by atoms with van der Waals surface area (Å²) in [6.45, 7) is 13.7. The molecule has 0 aromatic heterocycles. The van der Waals surface area contributed by atoms with Gasteiger partial charge in [-0.15, -0.1) is 0 Å². The number of amides is 1. The molecular formula is C53H85NO13. The van der Waals surface area contributed by atoms with Gasteiger partial charge < -0.3 is 48.6 Å². The van der Waals surface area contributed by atoms with Crippen molar-refractivity contribution < 1.29 is 62.9 Å². The molecule has 1 aliphatic carbocycles. The first kappa shape index (κ1) is 56.7. The summed E-state index contributed by atoms with van der Waals surface area (Å²) in [7, 11) is 4.69. The van der Waals surface area contributed by atoms with Crippen molar-refractivity contribution in [2.45, 2.75) is 180 Å². The quantitative estimate of drug-likeness (QED) is 0.165. The molecule has 3 fully saturated rings. The van der Waals surface area contributed by atoms with Crippen LogP contribution in [-0.4, -0.2) is 146 Å². The lowest BCUT2D eigenvalue weighted by molar-refractivity contribution is -0.265. The number of aliphatic hydroxyl groups is 3. The summed E-state index contributed by atoms with van der Waals surface area (Å²) in [5, 5.41) is 32.8. The van der Waals surface area contributed by atoms with E-state index in [1.54, 1.807) is 41.1 Å². The van der Waals surface area contributed by atoms with Crippen molar-refractivity contribution in [2.24, 2.45) is 35.5 Å². The van der Waals surface area contributed by atoms with Gasteiger partial charge in [-0.1, -0.05) is 71.1 Å². The monoisotopic (exact) mass is 944 g/mol. The maximum atomic E-state index is 14.3. The van der Waals surface area contributed by atoms with E-state index in [9.17, 15) is 34.5 Å². The van der Waals surface area contributed by atoms with Crippen molar-refractivity contribution in [3.8, 4) is 0 Å². The van der Waals surface area contributed by atoms with Crippen molar-refractivity contribution in [1.29, 1.82) is 0 Å². The summed E-state index contributed by atoms with van der Waals surface area (Å²) in [4.78, 5) is 58.0. The van der Waals surface area contributed by atoms with E-state index in [1.165, 1.54) is 12.0 Å². The second kappa shape index (κ2) is 27.5. The highest BCUT2D eigenvalue weighted by Crippen LogP contribution is 2.38. The maximum Gasteiger partial charge on any atom is 0.296 e. The number of piperidine rings is 1. The van der Waals surface area contributed by atoms with Gasteiger partial charge in [-0.2, -0.15) is 0 Å². The Morgan fingerprint density at radius 2 is 1.61 bits per heavy atom. The summed E-state index contributed by atoms with van der Waals surface area (Å²) in [5.41, 5.74) is 1.37. The van der Waals surface area contributed by atoms with Gasteiger partial charge in [0.2, 0.25) is 5.79 Å². The zero-order valence-electron chi connectivity index (χ0n) is 42.2. The second-order valence-electron chi connectivity index (χ2n) is 20.2.